The Morgan fingerprint density at radius 2 is 1.91 bits per heavy atom. The van der Waals surface area contributed by atoms with Crippen LogP contribution < -0.4 is 9.47 Å². The van der Waals surface area contributed by atoms with Crippen molar-refractivity contribution in [3.8, 4) is 11.5 Å². The monoisotopic (exact) mass is 351 g/mol. The van der Waals surface area contributed by atoms with Crippen LogP contribution in [-0.4, -0.2) is 24.1 Å². The van der Waals surface area contributed by atoms with Gasteiger partial charge in [0.2, 0.25) is 6.79 Å². The SMILES string of the molecule is CCN(Cc1ccc2c(c1)OCO2)C(=O)c1ccc(Cl)cc1Cl. The van der Waals surface area contributed by atoms with Crippen molar-refractivity contribution in [2.45, 2.75) is 13.5 Å². The Balaban J connectivity index is 1.80. The molecule has 0 atom stereocenters. The average molecular weight is 352 g/mol. The summed E-state index contributed by atoms with van der Waals surface area (Å²) in [6.07, 6.45) is 0. The molecule has 120 valence electrons. The zero-order valence-electron chi connectivity index (χ0n) is 12.5. The van der Waals surface area contributed by atoms with E-state index < -0.39 is 0 Å². The van der Waals surface area contributed by atoms with Gasteiger partial charge in [-0.25, -0.2) is 0 Å². The van der Waals surface area contributed by atoms with Crippen LogP contribution in [0.2, 0.25) is 10.0 Å². The number of ether oxygens (including phenoxy) is 2. The third-order valence-corrected chi connectivity index (χ3v) is 4.19. The van der Waals surface area contributed by atoms with Crippen LogP contribution in [0.3, 0.4) is 0 Å². The number of rotatable bonds is 4. The molecule has 3 rings (SSSR count). The highest BCUT2D eigenvalue weighted by Gasteiger charge is 2.19. The highest BCUT2D eigenvalue weighted by atomic mass is 35.5. The molecular formula is C17H15Cl2NO3. The number of halogens is 2. The highest BCUT2D eigenvalue weighted by Crippen LogP contribution is 2.33. The van der Waals surface area contributed by atoms with Gasteiger partial charge in [0.1, 0.15) is 0 Å². The highest BCUT2D eigenvalue weighted by molar-refractivity contribution is 6.36. The first-order chi connectivity index (χ1) is 11.1. The van der Waals surface area contributed by atoms with E-state index in [-0.39, 0.29) is 12.7 Å². The van der Waals surface area contributed by atoms with E-state index in [0.717, 1.165) is 11.3 Å². The van der Waals surface area contributed by atoms with Crippen molar-refractivity contribution in [1.29, 1.82) is 0 Å². The minimum absolute atomic E-state index is 0.133. The summed E-state index contributed by atoms with van der Waals surface area (Å²) < 4.78 is 10.7. The number of carbonyl (C=O) groups excluding carboxylic acids is 1. The molecule has 6 heteroatoms. The van der Waals surface area contributed by atoms with Crippen molar-refractivity contribution in [2.24, 2.45) is 0 Å². The largest absolute Gasteiger partial charge is 0.454 e. The summed E-state index contributed by atoms with van der Waals surface area (Å²) in [7, 11) is 0. The quantitative estimate of drug-likeness (QED) is 0.820. The van der Waals surface area contributed by atoms with Crippen molar-refractivity contribution in [2.75, 3.05) is 13.3 Å². The molecule has 1 amide bonds. The van der Waals surface area contributed by atoms with Crippen molar-refractivity contribution in [1.82, 2.24) is 4.90 Å². The number of benzene rings is 2. The molecule has 2 aromatic carbocycles. The van der Waals surface area contributed by atoms with Gasteiger partial charge < -0.3 is 14.4 Å². The van der Waals surface area contributed by atoms with Crippen LogP contribution in [0.5, 0.6) is 11.5 Å². The summed E-state index contributed by atoms with van der Waals surface area (Å²) in [4.78, 5) is 14.4. The molecule has 2 aromatic rings. The Morgan fingerprint density at radius 1 is 1.13 bits per heavy atom. The van der Waals surface area contributed by atoms with Crippen LogP contribution in [0.15, 0.2) is 36.4 Å². The van der Waals surface area contributed by atoms with Crippen LogP contribution in [0.25, 0.3) is 0 Å². The van der Waals surface area contributed by atoms with Gasteiger partial charge >= 0.3 is 0 Å². The lowest BCUT2D eigenvalue weighted by molar-refractivity contribution is 0.0752. The van der Waals surface area contributed by atoms with Crippen molar-refractivity contribution < 1.29 is 14.3 Å². The molecule has 0 N–H and O–H groups in total. The Bertz CT molecular complexity index is 749. The Morgan fingerprint density at radius 3 is 2.65 bits per heavy atom. The van der Waals surface area contributed by atoms with Gasteiger partial charge in [-0.3, -0.25) is 4.79 Å². The minimum Gasteiger partial charge on any atom is -0.454 e. The van der Waals surface area contributed by atoms with Crippen molar-refractivity contribution in [3.63, 3.8) is 0 Å². The maximum atomic E-state index is 12.7. The second-order valence-electron chi connectivity index (χ2n) is 5.13. The topological polar surface area (TPSA) is 38.8 Å². The van der Waals surface area contributed by atoms with E-state index in [1.165, 1.54) is 0 Å². The lowest BCUT2D eigenvalue weighted by Gasteiger charge is -2.22. The van der Waals surface area contributed by atoms with Crippen LogP contribution in [0, 0.1) is 0 Å². The van der Waals surface area contributed by atoms with Gasteiger partial charge in [-0.05, 0) is 42.8 Å². The summed E-state index contributed by atoms with van der Waals surface area (Å²) in [5.74, 6) is 1.30. The summed E-state index contributed by atoms with van der Waals surface area (Å²) in [5, 5.41) is 0.858. The lowest BCUT2D eigenvalue weighted by atomic mass is 10.1. The first-order valence-electron chi connectivity index (χ1n) is 7.21. The molecule has 0 unspecified atom stereocenters. The van der Waals surface area contributed by atoms with Gasteiger partial charge in [0, 0.05) is 18.1 Å². The van der Waals surface area contributed by atoms with E-state index >= 15 is 0 Å². The molecule has 0 fully saturated rings. The predicted octanol–water partition coefficient (Wildman–Crippen LogP) is 4.38. The first-order valence-corrected chi connectivity index (χ1v) is 7.97. The number of amides is 1. The Labute approximate surface area is 144 Å². The number of hydrogen-bond donors (Lipinski definition) is 0. The van der Waals surface area contributed by atoms with E-state index in [1.54, 1.807) is 23.1 Å². The number of nitrogens with zero attached hydrogens (tertiary/aromatic N) is 1. The smallest absolute Gasteiger partial charge is 0.255 e. The molecule has 0 saturated heterocycles. The van der Waals surface area contributed by atoms with Crippen molar-refractivity contribution in [3.05, 3.63) is 57.6 Å². The second kappa shape index (κ2) is 6.69. The maximum Gasteiger partial charge on any atom is 0.255 e. The van der Waals surface area contributed by atoms with Gasteiger partial charge in [-0.2, -0.15) is 0 Å². The van der Waals surface area contributed by atoms with E-state index in [0.29, 0.717) is 34.4 Å². The van der Waals surface area contributed by atoms with E-state index in [9.17, 15) is 4.79 Å². The van der Waals surface area contributed by atoms with E-state index in [1.807, 2.05) is 25.1 Å². The van der Waals surface area contributed by atoms with Gasteiger partial charge in [0.05, 0.1) is 10.6 Å². The van der Waals surface area contributed by atoms with Gasteiger partial charge in [0.15, 0.2) is 11.5 Å². The summed E-state index contributed by atoms with van der Waals surface area (Å²) >= 11 is 12.0. The molecule has 23 heavy (non-hydrogen) atoms. The van der Waals surface area contributed by atoms with Gasteiger partial charge in [0.25, 0.3) is 5.91 Å². The Hall–Kier alpha value is -1.91. The number of carbonyl (C=O) groups is 1. The zero-order chi connectivity index (χ0) is 16.4. The third kappa shape index (κ3) is 3.38. The predicted molar refractivity (Wildman–Crippen MR) is 89.4 cm³/mol. The van der Waals surface area contributed by atoms with Crippen LogP contribution >= 0.6 is 23.2 Å². The molecular weight excluding hydrogens is 337 g/mol. The van der Waals surface area contributed by atoms with Crippen LogP contribution in [-0.2, 0) is 6.54 Å². The molecule has 0 spiro atoms. The molecule has 0 aromatic heterocycles. The minimum atomic E-state index is -0.133. The first kappa shape index (κ1) is 16.0. The second-order valence-corrected chi connectivity index (χ2v) is 5.97. The van der Waals surface area contributed by atoms with Crippen LogP contribution in [0.1, 0.15) is 22.8 Å². The van der Waals surface area contributed by atoms with Gasteiger partial charge in [-0.15, -0.1) is 0 Å². The number of fused-ring (bicyclic) bond motifs is 1. The molecule has 0 radical (unpaired) electrons. The molecule has 0 aliphatic carbocycles. The molecule has 1 heterocycles. The summed E-state index contributed by atoms with van der Waals surface area (Å²) in [6.45, 7) is 3.18. The fourth-order valence-corrected chi connectivity index (χ4v) is 2.91. The molecule has 1 aliphatic heterocycles. The van der Waals surface area contributed by atoms with Crippen LogP contribution in [0.4, 0.5) is 0 Å². The summed E-state index contributed by atoms with van der Waals surface area (Å²) in [5.41, 5.74) is 1.41. The molecule has 4 nitrogen and oxygen atoms in total. The molecule has 0 bridgehead atoms. The van der Waals surface area contributed by atoms with Crippen molar-refractivity contribution >= 4 is 29.1 Å². The summed E-state index contributed by atoms with van der Waals surface area (Å²) in [6, 6.07) is 10.6. The van der Waals surface area contributed by atoms with E-state index in [2.05, 4.69) is 0 Å². The maximum absolute atomic E-state index is 12.7. The molecule has 0 saturated carbocycles. The Kier molecular flexibility index (Phi) is 4.64. The normalized spacial score (nSPS) is 12.3. The van der Waals surface area contributed by atoms with E-state index in [4.69, 9.17) is 32.7 Å². The zero-order valence-corrected chi connectivity index (χ0v) is 14.0. The lowest BCUT2D eigenvalue weighted by Crippen LogP contribution is -2.30. The standard InChI is InChI=1S/C17H15Cl2NO3/c1-2-20(17(21)13-5-4-12(18)8-14(13)19)9-11-3-6-15-16(7-11)23-10-22-15/h3-8H,2,9-10H2,1H3. The fraction of sp³-hybridized carbons (Fsp3) is 0.235. The average Bonchev–Trinajstić information content (AvgIpc) is 2.99. The number of hydrogen-bond acceptors (Lipinski definition) is 3. The molecule has 1 aliphatic rings. The fourth-order valence-electron chi connectivity index (χ4n) is 2.42. The van der Waals surface area contributed by atoms with Gasteiger partial charge in [-0.1, -0.05) is 29.3 Å². The third-order valence-electron chi connectivity index (χ3n) is 3.64.